The predicted octanol–water partition coefficient (Wildman–Crippen LogP) is 5.52. The van der Waals surface area contributed by atoms with Gasteiger partial charge in [0.1, 0.15) is 5.82 Å². The summed E-state index contributed by atoms with van der Waals surface area (Å²) >= 11 is 0. The van der Waals surface area contributed by atoms with E-state index in [-0.39, 0.29) is 5.56 Å². The Morgan fingerprint density at radius 1 is 0.619 bits per heavy atom. The molecule has 21 heavy (non-hydrogen) atoms. The lowest BCUT2D eigenvalue weighted by atomic mass is 10.0. The molecule has 2 aromatic rings. The van der Waals surface area contributed by atoms with Crippen LogP contribution in [0.5, 0.6) is 0 Å². The van der Waals surface area contributed by atoms with Gasteiger partial charge in [-0.1, -0.05) is 32.0 Å². The molecular formula is C15H12F6. The summed E-state index contributed by atoms with van der Waals surface area (Å²) in [4.78, 5) is 0. The van der Waals surface area contributed by atoms with Gasteiger partial charge >= 0.3 is 0 Å². The fraction of sp³-hybridized carbons (Fsp3) is 0.200. The van der Waals surface area contributed by atoms with Gasteiger partial charge in [-0.05, 0) is 12.5 Å². The Hall–Kier alpha value is -1.98. The Morgan fingerprint density at radius 2 is 1.05 bits per heavy atom. The highest BCUT2D eigenvalue weighted by Gasteiger charge is 2.28. The number of rotatable bonds is 1. The van der Waals surface area contributed by atoms with Crippen LogP contribution in [-0.4, -0.2) is 0 Å². The van der Waals surface area contributed by atoms with Crippen LogP contribution < -0.4 is 0 Å². The molecule has 0 unspecified atom stereocenters. The zero-order chi connectivity index (χ0) is 16.3. The molecule has 0 aliphatic heterocycles. The minimum atomic E-state index is -2.27. The minimum Gasteiger partial charge on any atom is -0.206 e. The molecule has 0 heterocycles. The molecule has 0 fully saturated rings. The molecule has 0 bridgehead atoms. The van der Waals surface area contributed by atoms with Crippen LogP contribution >= 0.6 is 0 Å². The van der Waals surface area contributed by atoms with Crippen LogP contribution in [0, 0.1) is 41.8 Å². The second-order valence-electron chi connectivity index (χ2n) is 3.88. The molecular weight excluding hydrogens is 294 g/mol. The van der Waals surface area contributed by atoms with Gasteiger partial charge in [-0.15, -0.1) is 0 Å². The molecule has 0 aromatic heterocycles. The molecule has 6 heteroatoms. The first-order valence-electron chi connectivity index (χ1n) is 6.13. The molecule has 0 aliphatic carbocycles. The first kappa shape index (κ1) is 17.1. The largest absolute Gasteiger partial charge is 0.206 e. The molecule has 0 spiro atoms. The number of aryl methyl sites for hydroxylation is 1. The van der Waals surface area contributed by atoms with Gasteiger partial charge < -0.3 is 0 Å². The van der Waals surface area contributed by atoms with Crippen molar-refractivity contribution < 1.29 is 26.3 Å². The highest BCUT2D eigenvalue weighted by molar-refractivity contribution is 5.66. The third-order valence-corrected chi connectivity index (χ3v) is 2.67. The normalized spacial score (nSPS) is 10.1. The van der Waals surface area contributed by atoms with Gasteiger partial charge in [0.15, 0.2) is 23.3 Å². The van der Waals surface area contributed by atoms with E-state index in [1.165, 1.54) is 19.1 Å². The number of hydrogen-bond donors (Lipinski definition) is 0. The van der Waals surface area contributed by atoms with Gasteiger partial charge in [-0.25, -0.2) is 26.3 Å². The molecule has 0 nitrogen and oxygen atoms in total. The van der Waals surface area contributed by atoms with Crippen LogP contribution in [0.2, 0.25) is 0 Å². The second-order valence-corrected chi connectivity index (χ2v) is 3.88. The Bertz CT molecular complexity index is 635. The van der Waals surface area contributed by atoms with E-state index < -0.39 is 46.0 Å². The Labute approximate surface area is 118 Å². The van der Waals surface area contributed by atoms with E-state index in [0.717, 1.165) is 6.07 Å². The SMILES string of the molecule is CC.Cc1cccc(-c2c(F)c(F)c(F)c(F)c2F)c1F. The predicted molar refractivity (Wildman–Crippen MR) is 67.7 cm³/mol. The first-order chi connectivity index (χ1) is 9.86. The monoisotopic (exact) mass is 306 g/mol. The van der Waals surface area contributed by atoms with Gasteiger partial charge in [-0.2, -0.15) is 0 Å². The molecule has 0 saturated carbocycles. The van der Waals surface area contributed by atoms with Crippen LogP contribution in [0.1, 0.15) is 19.4 Å². The van der Waals surface area contributed by atoms with Crippen molar-refractivity contribution in [3.63, 3.8) is 0 Å². The van der Waals surface area contributed by atoms with Crippen molar-refractivity contribution in [1.82, 2.24) is 0 Å². The average Bonchev–Trinajstić information content (AvgIpc) is 2.49. The fourth-order valence-corrected chi connectivity index (χ4v) is 1.68. The Balaban J connectivity index is 0.00000106. The van der Waals surface area contributed by atoms with Crippen molar-refractivity contribution in [2.24, 2.45) is 0 Å². The van der Waals surface area contributed by atoms with Gasteiger partial charge in [-0.3, -0.25) is 0 Å². The van der Waals surface area contributed by atoms with Crippen LogP contribution in [0.3, 0.4) is 0 Å². The lowest BCUT2D eigenvalue weighted by Crippen LogP contribution is -2.05. The summed E-state index contributed by atoms with van der Waals surface area (Å²) in [7, 11) is 0. The maximum Gasteiger partial charge on any atom is 0.200 e. The fourth-order valence-electron chi connectivity index (χ4n) is 1.68. The van der Waals surface area contributed by atoms with E-state index in [4.69, 9.17) is 0 Å². The van der Waals surface area contributed by atoms with Crippen molar-refractivity contribution in [3.8, 4) is 11.1 Å². The lowest BCUT2D eigenvalue weighted by Gasteiger charge is -2.10. The third kappa shape index (κ3) is 2.89. The maximum atomic E-state index is 13.7. The van der Waals surface area contributed by atoms with Crippen molar-refractivity contribution in [2.75, 3.05) is 0 Å². The van der Waals surface area contributed by atoms with Crippen molar-refractivity contribution in [1.29, 1.82) is 0 Å². The first-order valence-corrected chi connectivity index (χ1v) is 6.13. The zero-order valence-electron chi connectivity index (χ0n) is 11.5. The lowest BCUT2D eigenvalue weighted by molar-refractivity contribution is 0.381. The molecule has 114 valence electrons. The summed E-state index contributed by atoms with van der Waals surface area (Å²) in [6.07, 6.45) is 0. The average molecular weight is 306 g/mol. The maximum absolute atomic E-state index is 13.7. The third-order valence-electron chi connectivity index (χ3n) is 2.67. The molecule has 0 radical (unpaired) electrons. The van der Waals surface area contributed by atoms with E-state index in [0.29, 0.717) is 0 Å². The molecule has 0 aliphatic rings. The van der Waals surface area contributed by atoms with Gasteiger partial charge in [0.05, 0.1) is 5.56 Å². The Morgan fingerprint density at radius 3 is 1.52 bits per heavy atom. The topological polar surface area (TPSA) is 0 Å². The van der Waals surface area contributed by atoms with Gasteiger partial charge in [0.25, 0.3) is 0 Å². The summed E-state index contributed by atoms with van der Waals surface area (Å²) < 4.78 is 79.7. The molecule has 0 atom stereocenters. The quantitative estimate of drug-likeness (QED) is 0.369. The van der Waals surface area contributed by atoms with Crippen molar-refractivity contribution in [2.45, 2.75) is 20.8 Å². The van der Waals surface area contributed by atoms with Crippen LogP contribution in [-0.2, 0) is 0 Å². The van der Waals surface area contributed by atoms with Gasteiger partial charge in [0, 0.05) is 5.56 Å². The highest BCUT2D eigenvalue weighted by atomic mass is 19.2. The van der Waals surface area contributed by atoms with Crippen LogP contribution in [0.4, 0.5) is 26.3 Å². The van der Waals surface area contributed by atoms with Crippen molar-refractivity contribution in [3.05, 3.63) is 58.7 Å². The van der Waals surface area contributed by atoms with E-state index in [2.05, 4.69) is 0 Å². The smallest absolute Gasteiger partial charge is 0.200 e. The van der Waals surface area contributed by atoms with Crippen LogP contribution in [0.25, 0.3) is 11.1 Å². The Kier molecular flexibility index (Phi) is 5.41. The summed E-state index contributed by atoms with van der Waals surface area (Å²) in [6.45, 7) is 5.31. The van der Waals surface area contributed by atoms with Crippen LogP contribution in [0.15, 0.2) is 18.2 Å². The van der Waals surface area contributed by atoms with E-state index in [1.807, 2.05) is 13.8 Å². The zero-order valence-corrected chi connectivity index (χ0v) is 11.5. The summed E-state index contributed by atoms with van der Waals surface area (Å²) in [6, 6.07) is 3.51. The van der Waals surface area contributed by atoms with E-state index >= 15 is 0 Å². The summed E-state index contributed by atoms with van der Waals surface area (Å²) in [5.41, 5.74) is -1.91. The molecule has 2 aromatic carbocycles. The number of hydrogen-bond acceptors (Lipinski definition) is 0. The van der Waals surface area contributed by atoms with E-state index in [9.17, 15) is 26.3 Å². The highest BCUT2D eigenvalue weighted by Crippen LogP contribution is 2.33. The molecule has 0 N–H and O–H groups in total. The standard InChI is InChI=1S/C13H6F6.C2H6/c1-5-3-2-4-6(8(5)14)7-9(15)11(17)13(19)12(18)10(7)16;1-2/h2-4H,1H3;1-2H3. The minimum absolute atomic E-state index is 0.0291. The van der Waals surface area contributed by atoms with Crippen molar-refractivity contribution >= 4 is 0 Å². The second kappa shape index (κ2) is 6.65. The molecule has 0 saturated heterocycles. The number of halogens is 6. The molecule has 0 amide bonds. The number of benzene rings is 2. The van der Waals surface area contributed by atoms with E-state index in [1.54, 1.807) is 0 Å². The van der Waals surface area contributed by atoms with Gasteiger partial charge in [0.2, 0.25) is 5.82 Å². The summed E-state index contributed by atoms with van der Waals surface area (Å²) in [5, 5.41) is 0. The summed E-state index contributed by atoms with van der Waals surface area (Å²) in [5.74, 6) is -11.6. The molecule has 2 rings (SSSR count).